The first-order valence-electron chi connectivity index (χ1n) is 15.8. The second-order valence-corrected chi connectivity index (χ2v) is 11.7. The Balaban J connectivity index is 1.30. The van der Waals surface area contributed by atoms with Crippen molar-refractivity contribution in [2.45, 2.75) is 0 Å². The zero-order chi connectivity index (χ0) is 30.4. The molecule has 0 saturated carbocycles. The van der Waals surface area contributed by atoms with Crippen molar-refractivity contribution in [2.24, 2.45) is 0 Å². The van der Waals surface area contributed by atoms with Gasteiger partial charge in [0.2, 0.25) is 0 Å². The largest absolute Gasteiger partial charge is 0.135 e. The molecule has 0 saturated heterocycles. The molecule has 0 aliphatic rings. The molecule has 0 bridgehead atoms. The second kappa shape index (κ2) is 8.76. The molecule has 1 heteroatoms. The third kappa shape index (κ3) is 3.53. The standard InChI is InChI=1S/C40H24S/c1-2-9-29-22-37-35(24-31-10-4-5-11-32(31)36(37)21-28(29)8-1)27-15-13-25(14-16-27)30-18-20-39-38(23-30)34-19-17-26-7-3-6-12-33(26)40(34)41-39/h1-24H/i13D,14D,15D,16D. The van der Waals surface area contributed by atoms with E-state index in [2.05, 4.69) is 66.7 Å². The van der Waals surface area contributed by atoms with Gasteiger partial charge in [-0.1, -0.05) is 115 Å². The lowest BCUT2D eigenvalue weighted by atomic mass is 9.90. The molecule has 1 heterocycles. The van der Waals surface area contributed by atoms with Crippen LogP contribution in [0.2, 0.25) is 0 Å². The van der Waals surface area contributed by atoms with Crippen molar-refractivity contribution in [2.75, 3.05) is 0 Å². The van der Waals surface area contributed by atoms with Crippen molar-refractivity contribution in [1.29, 1.82) is 0 Å². The van der Waals surface area contributed by atoms with E-state index >= 15 is 0 Å². The van der Waals surface area contributed by atoms with Gasteiger partial charge in [0, 0.05) is 20.2 Å². The maximum atomic E-state index is 9.27. The van der Waals surface area contributed by atoms with E-state index in [4.69, 9.17) is 0 Å². The van der Waals surface area contributed by atoms with Gasteiger partial charge in [-0.3, -0.25) is 0 Å². The van der Waals surface area contributed by atoms with Crippen molar-refractivity contribution in [3.63, 3.8) is 0 Å². The molecule has 9 rings (SSSR count). The van der Waals surface area contributed by atoms with Gasteiger partial charge in [-0.05, 0) is 95.7 Å². The van der Waals surface area contributed by atoms with Crippen molar-refractivity contribution in [3.05, 3.63) is 145 Å². The molecular weight excluding hydrogens is 513 g/mol. The fourth-order valence-electron chi connectivity index (χ4n) is 6.25. The van der Waals surface area contributed by atoms with Gasteiger partial charge < -0.3 is 0 Å². The summed E-state index contributed by atoms with van der Waals surface area (Å²) in [4.78, 5) is 0. The SMILES string of the molecule is [2H]c1c([2H])c(-c2cc3ccccc3c3cc4ccccc4cc23)c([2H])c([2H])c1-c1ccc2sc3c4ccccc4ccc3c2c1. The zero-order valence-electron chi connectivity index (χ0n) is 26.0. The van der Waals surface area contributed by atoms with E-state index in [0.717, 1.165) is 47.8 Å². The third-order valence-electron chi connectivity index (χ3n) is 8.27. The van der Waals surface area contributed by atoms with Crippen LogP contribution in [0.15, 0.2) is 145 Å². The smallest absolute Gasteiger partial charge is 0.0629 e. The molecule has 0 aliphatic heterocycles. The number of hydrogen-bond donors (Lipinski definition) is 0. The van der Waals surface area contributed by atoms with Crippen LogP contribution >= 0.6 is 11.3 Å². The first kappa shape index (κ1) is 19.2. The summed E-state index contributed by atoms with van der Waals surface area (Å²) < 4.78 is 39.3. The Morgan fingerprint density at radius 2 is 1.05 bits per heavy atom. The molecule has 41 heavy (non-hydrogen) atoms. The molecule has 0 spiro atoms. The molecule has 0 amide bonds. The highest BCUT2D eigenvalue weighted by molar-refractivity contribution is 7.26. The number of fused-ring (bicyclic) bond motifs is 9. The molecule has 9 aromatic rings. The summed E-state index contributed by atoms with van der Waals surface area (Å²) in [6, 6.07) is 41.2. The van der Waals surface area contributed by atoms with Crippen LogP contribution in [-0.2, 0) is 0 Å². The van der Waals surface area contributed by atoms with E-state index in [-0.39, 0.29) is 24.2 Å². The number of thiophene rings is 1. The second-order valence-electron chi connectivity index (χ2n) is 10.6. The Hall–Kier alpha value is -4.98. The maximum Gasteiger partial charge on any atom is 0.0629 e. The van der Waals surface area contributed by atoms with Gasteiger partial charge in [0.05, 0.1) is 5.48 Å². The Kier molecular flexibility index (Phi) is 4.09. The topological polar surface area (TPSA) is 0 Å². The zero-order valence-corrected chi connectivity index (χ0v) is 22.8. The van der Waals surface area contributed by atoms with Crippen LogP contribution in [0.5, 0.6) is 0 Å². The lowest BCUT2D eigenvalue weighted by Crippen LogP contribution is -1.86. The van der Waals surface area contributed by atoms with Gasteiger partial charge in [0.1, 0.15) is 0 Å². The minimum Gasteiger partial charge on any atom is -0.135 e. The summed E-state index contributed by atoms with van der Waals surface area (Å²) >= 11 is 1.74. The molecular formula is C40H24S. The highest BCUT2D eigenvalue weighted by Crippen LogP contribution is 2.41. The van der Waals surface area contributed by atoms with Crippen LogP contribution in [0, 0.1) is 0 Å². The quantitative estimate of drug-likeness (QED) is 0.151. The number of hydrogen-bond acceptors (Lipinski definition) is 1. The van der Waals surface area contributed by atoms with Gasteiger partial charge in [-0.25, -0.2) is 0 Å². The van der Waals surface area contributed by atoms with E-state index in [1.54, 1.807) is 11.3 Å². The summed E-state index contributed by atoms with van der Waals surface area (Å²) in [5.41, 5.74) is 2.05. The summed E-state index contributed by atoms with van der Waals surface area (Å²) in [7, 11) is 0. The van der Waals surface area contributed by atoms with Crippen molar-refractivity contribution in [1.82, 2.24) is 0 Å². The normalized spacial score (nSPS) is 13.3. The van der Waals surface area contributed by atoms with Crippen LogP contribution < -0.4 is 0 Å². The molecule has 0 aliphatic carbocycles. The van der Waals surface area contributed by atoms with Gasteiger partial charge in [0.15, 0.2) is 0 Å². The Morgan fingerprint density at radius 1 is 0.390 bits per heavy atom. The summed E-state index contributed by atoms with van der Waals surface area (Å²) in [6.07, 6.45) is 0. The molecule has 0 unspecified atom stereocenters. The average molecular weight is 541 g/mol. The molecule has 8 aromatic carbocycles. The van der Waals surface area contributed by atoms with E-state index in [1.165, 1.54) is 15.5 Å². The van der Waals surface area contributed by atoms with Gasteiger partial charge in [-0.15, -0.1) is 11.3 Å². The Labute approximate surface area is 247 Å². The summed E-state index contributed by atoms with van der Waals surface area (Å²) in [5.74, 6) is 0. The fraction of sp³-hybridized carbons (Fsp3) is 0. The van der Waals surface area contributed by atoms with Gasteiger partial charge in [0.25, 0.3) is 0 Å². The van der Waals surface area contributed by atoms with E-state index < -0.39 is 0 Å². The predicted molar refractivity (Wildman–Crippen MR) is 180 cm³/mol. The fourth-order valence-corrected chi connectivity index (χ4v) is 7.46. The Morgan fingerprint density at radius 3 is 1.85 bits per heavy atom. The van der Waals surface area contributed by atoms with Crippen LogP contribution in [0.3, 0.4) is 0 Å². The van der Waals surface area contributed by atoms with Crippen molar-refractivity contribution >= 4 is 74.6 Å². The first-order chi connectivity index (χ1) is 22.0. The maximum absolute atomic E-state index is 9.27. The summed E-state index contributed by atoms with van der Waals surface area (Å²) in [5, 5.41) is 10.8. The molecule has 1 aromatic heterocycles. The minimum atomic E-state index is -0.0305. The lowest BCUT2D eigenvalue weighted by Gasteiger charge is -2.13. The number of benzene rings is 8. The van der Waals surface area contributed by atoms with Crippen molar-refractivity contribution in [3.8, 4) is 22.3 Å². The molecule has 190 valence electrons. The lowest BCUT2D eigenvalue weighted by molar-refractivity contribution is 1.64. The number of rotatable bonds is 2. The molecule has 0 nitrogen and oxygen atoms in total. The third-order valence-corrected chi connectivity index (χ3v) is 9.49. The van der Waals surface area contributed by atoms with Crippen LogP contribution in [0.25, 0.3) is 85.5 Å². The van der Waals surface area contributed by atoms with E-state index in [9.17, 15) is 5.48 Å². The molecule has 0 N–H and O–H groups in total. The van der Waals surface area contributed by atoms with E-state index in [0.29, 0.717) is 22.3 Å². The predicted octanol–water partition coefficient (Wildman–Crippen LogP) is 12.0. The van der Waals surface area contributed by atoms with Crippen molar-refractivity contribution < 1.29 is 5.48 Å². The van der Waals surface area contributed by atoms with Crippen LogP contribution in [-0.4, -0.2) is 0 Å². The molecule has 0 radical (unpaired) electrons. The monoisotopic (exact) mass is 540 g/mol. The van der Waals surface area contributed by atoms with Gasteiger partial charge in [-0.2, -0.15) is 0 Å². The molecule has 0 fully saturated rings. The van der Waals surface area contributed by atoms with Gasteiger partial charge >= 0.3 is 0 Å². The Bertz CT molecular complexity index is 2680. The molecule has 0 atom stereocenters. The highest BCUT2D eigenvalue weighted by Gasteiger charge is 2.12. The first-order valence-corrected chi connectivity index (χ1v) is 14.6. The average Bonchev–Trinajstić information content (AvgIpc) is 3.45. The highest BCUT2D eigenvalue weighted by atomic mass is 32.1. The van der Waals surface area contributed by atoms with Crippen LogP contribution in [0.4, 0.5) is 0 Å². The summed E-state index contributed by atoms with van der Waals surface area (Å²) in [6.45, 7) is 0. The van der Waals surface area contributed by atoms with Crippen LogP contribution in [0.1, 0.15) is 5.48 Å². The van der Waals surface area contributed by atoms with E-state index in [1.807, 2.05) is 54.6 Å². The minimum absolute atomic E-state index is 0.0302.